The van der Waals surface area contributed by atoms with Crippen LogP contribution in [0, 0.1) is 11.8 Å². The Labute approximate surface area is 108 Å². The van der Waals surface area contributed by atoms with Crippen LogP contribution in [-0.4, -0.2) is 38.1 Å². The van der Waals surface area contributed by atoms with Crippen LogP contribution in [0.4, 0.5) is 0 Å². The van der Waals surface area contributed by atoms with E-state index in [0.29, 0.717) is 0 Å². The summed E-state index contributed by atoms with van der Waals surface area (Å²) in [4.78, 5) is 2.33. The standard InChI is InChI=1S/C10H20.C5H12N2/c1-3-9(2)10-7-5-4-6-8-10;1-7-4-2-6-3-5-7/h9-10H,3-8H2,1-2H3;6H,2-5H2,1H3. The molecule has 1 heterocycles. The molecule has 1 saturated carbocycles. The molecule has 0 radical (unpaired) electrons. The normalized spacial score (nSPS) is 24.9. The molecule has 2 heteroatoms. The zero-order valence-corrected chi connectivity index (χ0v) is 12.2. The molecule has 1 unspecified atom stereocenters. The predicted octanol–water partition coefficient (Wildman–Crippen LogP) is 3.13. The Balaban J connectivity index is 0.000000181. The number of hydrogen-bond acceptors (Lipinski definition) is 2. The van der Waals surface area contributed by atoms with E-state index in [2.05, 4.69) is 31.1 Å². The third-order valence-electron chi connectivity index (χ3n) is 4.44. The highest BCUT2D eigenvalue weighted by Crippen LogP contribution is 2.30. The molecule has 2 fully saturated rings. The van der Waals surface area contributed by atoms with E-state index in [1.165, 1.54) is 51.6 Å². The van der Waals surface area contributed by atoms with Gasteiger partial charge >= 0.3 is 0 Å². The summed E-state index contributed by atoms with van der Waals surface area (Å²) in [6.07, 6.45) is 8.88. The fourth-order valence-electron chi connectivity index (χ4n) is 2.81. The minimum atomic E-state index is 0.986. The molecule has 1 N–H and O–H groups in total. The maximum atomic E-state index is 3.27. The first kappa shape index (κ1) is 15.0. The first-order chi connectivity index (χ1) is 8.24. The Morgan fingerprint density at radius 2 is 1.71 bits per heavy atom. The average Bonchev–Trinajstić information content (AvgIpc) is 2.40. The van der Waals surface area contributed by atoms with E-state index in [1.54, 1.807) is 0 Å². The fourth-order valence-corrected chi connectivity index (χ4v) is 2.81. The maximum Gasteiger partial charge on any atom is 0.0104 e. The van der Waals surface area contributed by atoms with Gasteiger partial charge in [0.2, 0.25) is 0 Å². The van der Waals surface area contributed by atoms with Crippen molar-refractivity contribution in [3.63, 3.8) is 0 Å². The number of hydrogen-bond donors (Lipinski definition) is 1. The van der Waals surface area contributed by atoms with Gasteiger partial charge in [-0.2, -0.15) is 0 Å². The number of piperazine rings is 1. The van der Waals surface area contributed by atoms with Crippen LogP contribution in [0.15, 0.2) is 0 Å². The Kier molecular flexibility index (Phi) is 7.87. The summed E-state index contributed by atoms with van der Waals surface area (Å²) in [5.41, 5.74) is 0. The van der Waals surface area contributed by atoms with E-state index in [4.69, 9.17) is 0 Å². The van der Waals surface area contributed by atoms with Crippen molar-refractivity contribution in [1.82, 2.24) is 10.2 Å². The average molecular weight is 240 g/mol. The van der Waals surface area contributed by atoms with E-state index >= 15 is 0 Å². The quantitative estimate of drug-likeness (QED) is 0.798. The molecule has 0 spiro atoms. The molecule has 1 aliphatic heterocycles. The van der Waals surface area contributed by atoms with Gasteiger partial charge in [-0.25, -0.2) is 0 Å². The van der Waals surface area contributed by atoms with Gasteiger partial charge in [0, 0.05) is 26.2 Å². The van der Waals surface area contributed by atoms with Gasteiger partial charge in [0.15, 0.2) is 0 Å². The minimum Gasteiger partial charge on any atom is -0.314 e. The van der Waals surface area contributed by atoms with Crippen LogP contribution in [-0.2, 0) is 0 Å². The fraction of sp³-hybridized carbons (Fsp3) is 1.00. The molecule has 0 aromatic rings. The maximum absolute atomic E-state index is 3.27. The van der Waals surface area contributed by atoms with Crippen LogP contribution in [0.2, 0.25) is 0 Å². The summed E-state index contributed by atoms with van der Waals surface area (Å²) in [7, 11) is 2.15. The minimum absolute atomic E-state index is 0.986. The second-order valence-electron chi connectivity index (χ2n) is 5.84. The molecular formula is C15H32N2. The molecule has 0 aromatic heterocycles. The van der Waals surface area contributed by atoms with Crippen molar-refractivity contribution in [2.75, 3.05) is 33.2 Å². The molecule has 0 amide bonds. The molecule has 1 aliphatic carbocycles. The van der Waals surface area contributed by atoms with Crippen molar-refractivity contribution in [2.24, 2.45) is 11.8 Å². The summed E-state index contributed by atoms with van der Waals surface area (Å²) in [6.45, 7) is 9.47. The second-order valence-corrected chi connectivity index (χ2v) is 5.84. The zero-order valence-electron chi connectivity index (χ0n) is 12.2. The Morgan fingerprint density at radius 1 is 1.12 bits per heavy atom. The Bertz CT molecular complexity index is 170. The van der Waals surface area contributed by atoms with Crippen molar-refractivity contribution in [1.29, 1.82) is 0 Å². The summed E-state index contributed by atoms with van der Waals surface area (Å²) in [6, 6.07) is 0. The lowest BCUT2D eigenvalue weighted by atomic mass is 9.80. The molecule has 102 valence electrons. The van der Waals surface area contributed by atoms with Gasteiger partial charge in [-0.3, -0.25) is 0 Å². The van der Waals surface area contributed by atoms with Crippen LogP contribution in [0.1, 0.15) is 52.4 Å². The molecular weight excluding hydrogens is 208 g/mol. The van der Waals surface area contributed by atoms with Gasteiger partial charge < -0.3 is 10.2 Å². The van der Waals surface area contributed by atoms with Crippen molar-refractivity contribution in [3.05, 3.63) is 0 Å². The van der Waals surface area contributed by atoms with Crippen LogP contribution in [0.25, 0.3) is 0 Å². The molecule has 1 saturated heterocycles. The number of likely N-dealkylation sites (N-methyl/N-ethyl adjacent to an activating group) is 1. The van der Waals surface area contributed by atoms with Crippen LogP contribution < -0.4 is 5.32 Å². The van der Waals surface area contributed by atoms with Crippen molar-refractivity contribution < 1.29 is 0 Å². The van der Waals surface area contributed by atoms with Crippen LogP contribution in [0.3, 0.4) is 0 Å². The lowest BCUT2D eigenvalue weighted by Gasteiger charge is -2.26. The van der Waals surface area contributed by atoms with E-state index in [9.17, 15) is 0 Å². The highest BCUT2D eigenvalue weighted by Gasteiger charge is 2.17. The van der Waals surface area contributed by atoms with E-state index < -0.39 is 0 Å². The van der Waals surface area contributed by atoms with Crippen LogP contribution in [0.5, 0.6) is 0 Å². The summed E-state index contributed by atoms with van der Waals surface area (Å²) in [5, 5.41) is 3.27. The predicted molar refractivity (Wildman–Crippen MR) is 76.4 cm³/mol. The first-order valence-corrected chi connectivity index (χ1v) is 7.63. The molecule has 0 bridgehead atoms. The molecule has 2 aliphatic rings. The number of nitrogens with one attached hydrogen (secondary N) is 1. The monoisotopic (exact) mass is 240 g/mol. The lowest BCUT2D eigenvalue weighted by molar-refractivity contribution is 0.258. The molecule has 17 heavy (non-hydrogen) atoms. The van der Waals surface area contributed by atoms with Gasteiger partial charge in [-0.05, 0) is 18.9 Å². The van der Waals surface area contributed by atoms with Gasteiger partial charge in [0.25, 0.3) is 0 Å². The van der Waals surface area contributed by atoms with Crippen molar-refractivity contribution >= 4 is 0 Å². The summed E-state index contributed by atoms with van der Waals surface area (Å²) in [5.74, 6) is 2.05. The summed E-state index contributed by atoms with van der Waals surface area (Å²) >= 11 is 0. The topological polar surface area (TPSA) is 15.3 Å². The molecule has 0 aromatic carbocycles. The number of nitrogens with zero attached hydrogens (tertiary/aromatic N) is 1. The third kappa shape index (κ3) is 6.42. The van der Waals surface area contributed by atoms with Gasteiger partial charge in [-0.1, -0.05) is 52.4 Å². The SMILES string of the molecule is CCC(C)C1CCCCC1.CN1CCNCC1. The first-order valence-electron chi connectivity index (χ1n) is 7.63. The molecule has 2 rings (SSSR count). The molecule has 2 nitrogen and oxygen atoms in total. The van der Waals surface area contributed by atoms with Crippen molar-refractivity contribution in [2.45, 2.75) is 52.4 Å². The third-order valence-corrected chi connectivity index (χ3v) is 4.44. The van der Waals surface area contributed by atoms with Crippen LogP contribution >= 0.6 is 0 Å². The van der Waals surface area contributed by atoms with Gasteiger partial charge in [0.05, 0.1) is 0 Å². The second kappa shape index (κ2) is 8.93. The molecule has 1 atom stereocenters. The van der Waals surface area contributed by atoms with E-state index in [-0.39, 0.29) is 0 Å². The van der Waals surface area contributed by atoms with Gasteiger partial charge in [-0.15, -0.1) is 0 Å². The van der Waals surface area contributed by atoms with Crippen molar-refractivity contribution in [3.8, 4) is 0 Å². The smallest absolute Gasteiger partial charge is 0.0104 e. The highest BCUT2D eigenvalue weighted by molar-refractivity contribution is 4.69. The lowest BCUT2D eigenvalue weighted by Crippen LogP contribution is -2.40. The van der Waals surface area contributed by atoms with Gasteiger partial charge in [0.1, 0.15) is 0 Å². The highest BCUT2D eigenvalue weighted by atomic mass is 15.2. The largest absolute Gasteiger partial charge is 0.314 e. The zero-order chi connectivity index (χ0) is 12.5. The Morgan fingerprint density at radius 3 is 2.12 bits per heavy atom. The summed E-state index contributed by atoms with van der Waals surface area (Å²) < 4.78 is 0. The van der Waals surface area contributed by atoms with E-state index in [0.717, 1.165) is 24.9 Å². The van der Waals surface area contributed by atoms with E-state index in [1.807, 2.05) is 0 Å². The Hall–Kier alpha value is -0.0800. The number of rotatable bonds is 2.